The molecule has 1 rings (SSSR count). The van der Waals surface area contributed by atoms with Gasteiger partial charge in [-0.3, -0.25) is 0 Å². The molecule has 1 heterocycles. The topological polar surface area (TPSA) is 21.3 Å². The molecule has 1 aromatic rings. The van der Waals surface area contributed by atoms with E-state index in [0.29, 0.717) is 12.1 Å². The summed E-state index contributed by atoms with van der Waals surface area (Å²) >= 11 is 1.83. The normalized spacial score (nSPS) is 13.3. The van der Waals surface area contributed by atoms with Crippen LogP contribution >= 0.6 is 11.3 Å². The van der Waals surface area contributed by atoms with Gasteiger partial charge in [0.2, 0.25) is 0 Å². The van der Waals surface area contributed by atoms with Crippen molar-refractivity contribution in [3.63, 3.8) is 0 Å². The number of thiophene rings is 1. The Bertz CT molecular complexity index is 246. The molecule has 0 aliphatic rings. The number of rotatable bonds is 7. The maximum absolute atomic E-state index is 5.56. The van der Waals surface area contributed by atoms with Crippen molar-refractivity contribution in [2.24, 2.45) is 0 Å². The van der Waals surface area contributed by atoms with Crippen molar-refractivity contribution in [3.8, 4) is 0 Å². The van der Waals surface area contributed by atoms with Crippen molar-refractivity contribution >= 4 is 11.3 Å². The van der Waals surface area contributed by atoms with Crippen LogP contribution in [0.25, 0.3) is 0 Å². The summed E-state index contributed by atoms with van der Waals surface area (Å²) in [4.78, 5) is 1.44. The van der Waals surface area contributed by atoms with Gasteiger partial charge in [0.1, 0.15) is 0 Å². The molecular weight excluding hydrogens is 206 g/mol. The molecule has 0 aliphatic carbocycles. The van der Waals surface area contributed by atoms with E-state index >= 15 is 0 Å². The standard InChI is InChI=1S/C12H21NOS/c1-10(2)14-7-6-11(13-3)9-12-5-4-8-15-12/h4-5,8,10-11,13H,6-7,9H2,1-3H3. The Balaban J connectivity index is 2.24. The lowest BCUT2D eigenvalue weighted by atomic mass is 10.1. The molecule has 0 bridgehead atoms. The van der Waals surface area contributed by atoms with E-state index in [-0.39, 0.29) is 0 Å². The number of likely N-dealkylation sites (N-methyl/N-ethyl adjacent to an activating group) is 1. The van der Waals surface area contributed by atoms with Gasteiger partial charge in [-0.15, -0.1) is 11.3 Å². The largest absolute Gasteiger partial charge is 0.379 e. The molecule has 0 spiro atoms. The van der Waals surface area contributed by atoms with Crippen molar-refractivity contribution in [1.29, 1.82) is 0 Å². The summed E-state index contributed by atoms with van der Waals surface area (Å²) in [6.07, 6.45) is 2.52. The van der Waals surface area contributed by atoms with E-state index < -0.39 is 0 Å². The summed E-state index contributed by atoms with van der Waals surface area (Å²) in [6, 6.07) is 4.83. The number of nitrogens with one attached hydrogen (secondary N) is 1. The first-order valence-corrected chi connectivity index (χ1v) is 6.41. The first-order valence-electron chi connectivity index (χ1n) is 5.53. The van der Waals surface area contributed by atoms with Crippen LogP contribution in [0.4, 0.5) is 0 Å². The average molecular weight is 227 g/mol. The van der Waals surface area contributed by atoms with Gasteiger partial charge in [-0.2, -0.15) is 0 Å². The Hall–Kier alpha value is -0.380. The zero-order chi connectivity index (χ0) is 11.1. The zero-order valence-corrected chi connectivity index (χ0v) is 10.6. The fraction of sp³-hybridized carbons (Fsp3) is 0.667. The fourth-order valence-corrected chi connectivity index (χ4v) is 2.25. The van der Waals surface area contributed by atoms with Crippen LogP contribution < -0.4 is 5.32 Å². The van der Waals surface area contributed by atoms with E-state index in [1.165, 1.54) is 4.88 Å². The zero-order valence-electron chi connectivity index (χ0n) is 9.82. The van der Waals surface area contributed by atoms with E-state index in [0.717, 1.165) is 19.4 Å². The van der Waals surface area contributed by atoms with Crippen LogP contribution in [0.15, 0.2) is 17.5 Å². The Kier molecular flexibility index (Phi) is 5.91. The second kappa shape index (κ2) is 6.99. The van der Waals surface area contributed by atoms with Crippen LogP contribution in [0, 0.1) is 0 Å². The van der Waals surface area contributed by atoms with E-state index in [9.17, 15) is 0 Å². The molecule has 0 saturated heterocycles. The van der Waals surface area contributed by atoms with Crippen molar-refractivity contribution in [3.05, 3.63) is 22.4 Å². The van der Waals surface area contributed by atoms with Crippen LogP contribution in [-0.2, 0) is 11.2 Å². The van der Waals surface area contributed by atoms with E-state index in [1.807, 2.05) is 18.4 Å². The lowest BCUT2D eigenvalue weighted by Crippen LogP contribution is -2.29. The minimum Gasteiger partial charge on any atom is -0.379 e. The van der Waals surface area contributed by atoms with Gasteiger partial charge in [0.05, 0.1) is 6.10 Å². The van der Waals surface area contributed by atoms with Crippen LogP contribution in [0.1, 0.15) is 25.1 Å². The molecule has 1 unspecified atom stereocenters. The maximum Gasteiger partial charge on any atom is 0.0518 e. The monoisotopic (exact) mass is 227 g/mol. The summed E-state index contributed by atoms with van der Waals surface area (Å²) in [5.41, 5.74) is 0. The highest BCUT2D eigenvalue weighted by Crippen LogP contribution is 2.12. The number of hydrogen-bond donors (Lipinski definition) is 1. The third kappa shape index (κ3) is 5.30. The molecule has 0 amide bonds. The predicted octanol–water partition coefficient (Wildman–Crippen LogP) is 2.69. The number of hydrogen-bond acceptors (Lipinski definition) is 3. The van der Waals surface area contributed by atoms with Gasteiger partial charge in [0, 0.05) is 17.5 Å². The second-order valence-corrected chi connectivity index (χ2v) is 5.01. The van der Waals surface area contributed by atoms with Crippen molar-refractivity contribution in [2.75, 3.05) is 13.7 Å². The Morgan fingerprint density at radius 1 is 1.47 bits per heavy atom. The Morgan fingerprint density at radius 2 is 2.27 bits per heavy atom. The van der Waals surface area contributed by atoms with E-state index in [1.54, 1.807) is 0 Å². The minimum absolute atomic E-state index is 0.337. The highest BCUT2D eigenvalue weighted by atomic mass is 32.1. The van der Waals surface area contributed by atoms with Crippen molar-refractivity contribution in [1.82, 2.24) is 5.32 Å². The summed E-state index contributed by atoms with van der Waals surface area (Å²) in [6.45, 7) is 5.00. The lowest BCUT2D eigenvalue weighted by molar-refractivity contribution is 0.0720. The molecule has 0 fully saturated rings. The second-order valence-electron chi connectivity index (χ2n) is 3.98. The lowest BCUT2D eigenvalue weighted by Gasteiger charge is -2.16. The van der Waals surface area contributed by atoms with Gasteiger partial charge >= 0.3 is 0 Å². The first kappa shape index (κ1) is 12.7. The van der Waals surface area contributed by atoms with E-state index in [4.69, 9.17) is 4.74 Å². The van der Waals surface area contributed by atoms with E-state index in [2.05, 4.69) is 36.7 Å². The highest BCUT2D eigenvalue weighted by molar-refractivity contribution is 7.09. The number of ether oxygens (including phenoxy) is 1. The van der Waals surface area contributed by atoms with Gasteiger partial charge in [-0.1, -0.05) is 6.07 Å². The Morgan fingerprint density at radius 3 is 2.80 bits per heavy atom. The molecule has 1 N–H and O–H groups in total. The SMILES string of the molecule is CNC(CCOC(C)C)Cc1cccs1. The summed E-state index contributed by atoms with van der Waals surface area (Å²) in [7, 11) is 2.02. The molecule has 15 heavy (non-hydrogen) atoms. The van der Waals surface area contributed by atoms with Crippen molar-refractivity contribution in [2.45, 2.75) is 38.8 Å². The van der Waals surface area contributed by atoms with Gasteiger partial charge < -0.3 is 10.1 Å². The van der Waals surface area contributed by atoms with Crippen LogP contribution in [-0.4, -0.2) is 25.8 Å². The quantitative estimate of drug-likeness (QED) is 0.773. The van der Waals surface area contributed by atoms with Crippen molar-refractivity contribution < 1.29 is 4.74 Å². The predicted molar refractivity (Wildman–Crippen MR) is 66.6 cm³/mol. The smallest absolute Gasteiger partial charge is 0.0518 e. The molecule has 0 saturated carbocycles. The third-order valence-electron chi connectivity index (χ3n) is 2.35. The molecule has 1 aromatic heterocycles. The van der Waals surface area contributed by atoms with Crippen LogP contribution in [0.3, 0.4) is 0 Å². The third-order valence-corrected chi connectivity index (χ3v) is 3.25. The maximum atomic E-state index is 5.56. The highest BCUT2D eigenvalue weighted by Gasteiger charge is 2.08. The first-order chi connectivity index (χ1) is 7.22. The summed E-state index contributed by atoms with van der Waals surface area (Å²) in [5, 5.41) is 5.47. The van der Waals surface area contributed by atoms with Gasteiger partial charge in [0.15, 0.2) is 0 Å². The minimum atomic E-state index is 0.337. The molecule has 3 heteroatoms. The molecule has 86 valence electrons. The Labute approximate surface area is 96.7 Å². The van der Waals surface area contributed by atoms with Gasteiger partial charge in [-0.25, -0.2) is 0 Å². The molecule has 0 aromatic carbocycles. The van der Waals surface area contributed by atoms with Crippen LogP contribution in [0.5, 0.6) is 0 Å². The summed E-state index contributed by atoms with van der Waals surface area (Å²) in [5.74, 6) is 0. The summed E-state index contributed by atoms with van der Waals surface area (Å²) < 4.78 is 5.56. The van der Waals surface area contributed by atoms with Gasteiger partial charge in [-0.05, 0) is 45.2 Å². The molecule has 0 aliphatic heterocycles. The van der Waals surface area contributed by atoms with Crippen LogP contribution in [0.2, 0.25) is 0 Å². The molecule has 1 atom stereocenters. The molecule has 0 radical (unpaired) electrons. The molecular formula is C12H21NOS. The van der Waals surface area contributed by atoms with Gasteiger partial charge in [0.25, 0.3) is 0 Å². The average Bonchev–Trinajstić information content (AvgIpc) is 2.68. The molecule has 2 nitrogen and oxygen atoms in total. The fourth-order valence-electron chi connectivity index (χ4n) is 1.47.